The van der Waals surface area contributed by atoms with Crippen LogP contribution in [0.4, 0.5) is 5.69 Å². The molecule has 0 bridgehead atoms. The first-order valence-electron chi connectivity index (χ1n) is 9.28. The van der Waals surface area contributed by atoms with E-state index < -0.39 is 0 Å². The first-order valence-corrected chi connectivity index (χ1v) is 10.1. The second kappa shape index (κ2) is 9.47. The van der Waals surface area contributed by atoms with Gasteiger partial charge in [-0.2, -0.15) is 0 Å². The molecule has 0 radical (unpaired) electrons. The number of hydrogen-bond donors (Lipinski definition) is 1. The molecule has 3 rings (SSSR count). The Labute approximate surface area is 178 Å². The van der Waals surface area contributed by atoms with E-state index in [2.05, 4.69) is 27.3 Å². The molecule has 0 aromatic heterocycles. The smallest absolute Gasteiger partial charge is 0.255 e. The van der Waals surface area contributed by atoms with E-state index in [9.17, 15) is 14.4 Å². The Balaban J connectivity index is 1.68. The number of benzene rings is 2. The van der Waals surface area contributed by atoms with Crippen LogP contribution < -0.4 is 5.32 Å². The zero-order valence-electron chi connectivity index (χ0n) is 16.0. The van der Waals surface area contributed by atoms with Crippen molar-refractivity contribution in [2.45, 2.75) is 13.3 Å². The number of hydrogen-bond acceptors (Lipinski definition) is 3. The normalized spacial score (nSPS) is 15.1. The van der Waals surface area contributed by atoms with Crippen LogP contribution in [0.2, 0.25) is 0 Å². The summed E-state index contributed by atoms with van der Waals surface area (Å²) in [5.41, 5.74) is 3.01. The third-order valence-corrected chi connectivity index (χ3v) is 5.18. The lowest BCUT2D eigenvalue weighted by Gasteiger charge is -2.15. The number of allylic oxidation sites excluding steroid dienone is 3. The monoisotopic (exact) mass is 452 g/mol. The van der Waals surface area contributed by atoms with E-state index in [4.69, 9.17) is 0 Å². The van der Waals surface area contributed by atoms with Gasteiger partial charge in [0.2, 0.25) is 0 Å². The molecular formula is C23H21BrN2O3. The molecular weight excluding hydrogens is 432 g/mol. The van der Waals surface area contributed by atoms with Gasteiger partial charge in [-0.3, -0.25) is 14.4 Å². The number of likely N-dealkylation sites (tertiary alicyclic amines) is 1. The second-order valence-corrected chi connectivity index (χ2v) is 7.62. The molecule has 2 aromatic rings. The van der Waals surface area contributed by atoms with E-state index in [1.165, 1.54) is 5.57 Å². The maximum Gasteiger partial charge on any atom is 0.255 e. The Morgan fingerprint density at radius 1 is 1.10 bits per heavy atom. The number of nitrogens with one attached hydrogen (secondary N) is 1. The van der Waals surface area contributed by atoms with E-state index in [0.717, 1.165) is 10.9 Å². The van der Waals surface area contributed by atoms with Crippen molar-refractivity contribution in [2.75, 3.05) is 18.4 Å². The maximum absolute atomic E-state index is 12.7. The molecule has 1 saturated heterocycles. The Kier molecular flexibility index (Phi) is 6.77. The maximum atomic E-state index is 12.7. The molecule has 6 heteroatoms. The van der Waals surface area contributed by atoms with Crippen LogP contribution in [0, 0.1) is 0 Å². The minimum absolute atomic E-state index is 0.0445. The van der Waals surface area contributed by atoms with Gasteiger partial charge >= 0.3 is 0 Å². The zero-order valence-corrected chi connectivity index (χ0v) is 17.6. The standard InChI is InChI=1S/C23H21BrN2O3/c1-2-3-4-16-11-12-26(14-16)23(29)18-7-5-17(6-8-18)22(28)25-21-10-9-20(24)13-19(21)15-27/h2-10,13,15H,11-12,14H2,1H3,(H,25,28)/b3-2-,16-4-. The molecule has 2 amide bonds. The van der Waals surface area contributed by atoms with Crippen LogP contribution in [0.3, 0.4) is 0 Å². The Bertz CT molecular complexity index is 994. The SMILES string of the molecule is C/C=C\C=C1\CCN(C(=O)c2ccc(C(=O)Nc3ccc(Br)cc3C=O)cc2)C1. The van der Waals surface area contributed by atoms with Crippen LogP contribution >= 0.6 is 15.9 Å². The van der Waals surface area contributed by atoms with Crippen molar-refractivity contribution in [1.82, 2.24) is 4.90 Å². The molecule has 0 unspecified atom stereocenters. The molecule has 0 spiro atoms. The fraction of sp³-hybridized carbons (Fsp3) is 0.174. The number of amides is 2. The van der Waals surface area contributed by atoms with E-state index in [-0.39, 0.29) is 11.8 Å². The molecule has 1 aliphatic heterocycles. The summed E-state index contributed by atoms with van der Waals surface area (Å²) >= 11 is 3.30. The molecule has 1 N–H and O–H groups in total. The summed E-state index contributed by atoms with van der Waals surface area (Å²) in [6.07, 6.45) is 7.57. The molecule has 1 aliphatic rings. The summed E-state index contributed by atoms with van der Waals surface area (Å²) in [6.45, 7) is 3.29. The summed E-state index contributed by atoms with van der Waals surface area (Å²) in [5.74, 6) is -0.385. The van der Waals surface area contributed by atoms with Gasteiger partial charge < -0.3 is 10.2 Å². The number of rotatable bonds is 5. The van der Waals surface area contributed by atoms with E-state index in [1.54, 1.807) is 42.5 Å². The van der Waals surface area contributed by atoms with E-state index >= 15 is 0 Å². The van der Waals surface area contributed by atoms with E-state index in [1.807, 2.05) is 24.0 Å². The number of carbonyl (C=O) groups excluding carboxylic acids is 3. The van der Waals surface area contributed by atoms with Gasteiger partial charge in [-0.05, 0) is 61.4 Å². The first-order chi connectivity index (χ1) is 14.0. The van der Waals surface area contributed by atoms with Crippen LogP contribution in [0.25, 0.3) is 0 Å². The highest BCUT2D eigenvalue weighted by molar-refractivity contribution is 9.10. The highest BCUT2D eigenvalue weighted by Gasteiger charge is 2.22. The third-order valence-electron chi connectivity index (χ3n) is 4.69. The Morgan fingerprint density at radius 2 is 1.83 bits per heavy atom. The number of halogens is 1. The predicted molar refractivity (Wildman–Crippen MR) is 117 cm³/mol. The lowest BCUT2D eigenvalue weighted by atomic mass is 10.1. The van der Waals surface area contributed by atoms with Crippen molar-refractivity contribution < 1.29 is 14.4 Å². The molecule has 1 heterocycles. The predicted octanol–water partition coefficient (Wildman–Crippen LogP) is 4.86. The van der Waals surface area contributed by atoms with Gasteiger partial charge in [-0.15, -0.1) is 0 Å². The zero-order chi connectivity index (χ0) is 20.8. The first kappa shape index (κ1) is 20.7. The summed E-state index contributed by atoms with van der Waals surface area (Å²) in [5, 5.41) is 2.73. The fourth-order valence-electron chi connectivity index (χ4n) is 3.11. The molecule has 0 saturated carbocycles. The van der Waals surface area contributed by atoms with Crippen LogP contribution in [-0.2, 0) is 0 Å². The average molecular weight is 453 g/mol. The minimum Gasteiger partial charge on any atom is -0.334 e. The van der Waals surface area contributed by atoms with Crippen molar-refractivity contribution in [3.63, 3.8) is 0 Å². The van der Waals surface area contributed by atoms with Crippen LogP contribution in [0.5, 0.6) is 0 Å². The second-order valence-electron chi connectivity index (χ2n) is 6.71. The van der Waals surface area contributed by atoms with Gasteiger partial charge in [0.25, 0.3) is 11.8 Å². The largest absolute Gasteiger partial charge is 0.334 e. The van der Waals surface area contributed by atoms with Crippen molar-refractivity contribution in [3.8, 4) is 0 Å². The summed E-state index contributed by atoms with van der Waals surface area (Å²) in [7, 11) is 0. The van der Waals surface area contributed by atoms with Crippen molar-refractivity contribution >= 4 is 39.7 Å². The topological polar surface area (TPSA) is 66.5 Å². The van der Waals surface area contributed by atoms with Crippen LogP contribution in [0.1, 0.15) is 44.4 Å². The lowest BCUT2D eigenvalue weighted by molar-refractivity contribution is 0.0795. The van der Waals surface area contributed by atoms with Crippen molar-refractivity contribution in [3.05, 3.63) is 87.4 Å². The Morgan fingerprint density at radius 3 is 2.52 bits per heavy atom. The van der Waals surface area contributed by atoms with Crippen LogP contribution in [0.15, 0.2) is 70.7 Å². The number of anilines is 1. The lowest BCUT2D eigenvalue weighted by Crippen LogP contribution is -2.27. The molecule has 2 aromatic carbocycles. The fourth-order valence-corrected chi connectivity index (χ4v) is 3.49. The number of carbonyl (C=O) groups is 3. The van der Waals surface area contributed by atoms with Gasteiger partial charge in [-0.25, -0.2) is 0 Å². The quantitative estimate of drug-likeness (QED) is 0.658. The summed E-state index contributed by atoms with van der Waals surface area (Å²) in [6, 6.07) is 11.6. The minimum atomic E-state index is -0.341. The molecule has 148 valence electrons. The summed E-state index contributed by atoms with van der Waals surface area (Å²) in [4.78, 5) is 38.2. The number of nitrogens with zero attached hydrogens (tertiary/aromatic N) is 1. The van der Waals surface area contributed by atoms with Gasteiger partial charge in [0.05, 0.1) is 5.69 Å². The molecule has 29 heavy (non-hydrogen) atoms. The average Bonchev–Trinajstić information content (AvgIpc) is 3.22. The number of aldehydes is 1. The molecule has 0 aliphatic carbocycles. The van der Waals surface area contributed by atoms with Gasteiger partial charge in [-0.1, -0.05) is 34.2 Å². The summed E-state index contributed by atoms with van der Waals surface area (Å²) < 4.78 is 0.756. The van der Waals surface area contributed by atoms with Crippen molar-refractivity contribution in [2.24, 2.45) is 0 Å². The highest BCUT2D eigenvalue weighted by Crippen LogP contribution is 2.21. The molecule has 0 atom stereocenters. The van der Waals surface area contributed by atoms with Gasteiger partial charge in [0, 0.05) is 34.3 Å². The molecule has 1 fully saturated rings. The highest BCUT2D eigenvalue weighted by atomic mass is 79.9. The van der Waals surface area contributed by atoms with Crippen molar-refractivity contribution in [1.29, 1.82) is 0 Å². The molecule has 5 nitrogen and oxygen atoms in total. The van der Waals surface area contributed by atoms with Gasteiger partial charge in [0.1, 0.15) is 0 Å². The third kappa shape index (κ3) is 5.09. The van der Waals surface area contributed by atoms with Crippen LogP contribution in [-0.4, -0.2) is 36.1 Å². The Hall–Kier alpha value is -2.99. The van der Waals surface area contributed by atoms with Gasteiger partial charge in [0.15, 0.2) is 6.29 Å². The van der Waals surface area contributed by atoms with E-state index in [0.29, 0.717) is 41.8 Å².